The van der Waals surface area contributed by atoms with E-state index in [1.807, 2.05) is 0 Å². The van der Waals surface area contributed by atoms with Crippen LogP contribution < -0.4 is 5.32 Å². The minimum Gasteiger partial charge on any atom is -0.302 e. The minimum absolute atomic E-state index is 0.00755. The van der Waals surface area contributed by atoms with Gasteiger partial charge < -0.3 is 5.32 Å². The number of aromatic nitrogens is 1. The Morgan fingerprint density at radius 3 is 3.09 bits per heavy atom. The molecular formula is C6H7BrN2OS. The topological polar surface area (TPSA) is 42.0 Å². The van der Waals surface area contributed by atoms with Gasteiger partial charge in [0.2, 0.25) is 5.91 Å². The Balaban J connectivity index is 2.57. The Hall–Kier alpha value is -0.420. The van der Waals surface area contributed by atoms with Gasteiger partial charge in [-0.05, 0) is 15.9 Å². The van der Waals surface area contributed by atoms with Gasteiger partial charge in [-0.15, -0.1) is 0 Å². The van der Waals surface area contributed by atoms with Crippen LogP contribution in [0.25, 0.3) is 0 Å². The Morgan fingerprint density at radius 2 is 2.64 bits per heavy atom. The molecule has 0 spiro atoms. The number of thiazole rings is 1. The molecule has 0 radical (unpaired) electrons. The van der Waals surface area contributed by atoms with Crippen LogP contribution in [0.5, 0.6) is 0 Å². The van der Waals surface area contributed by atoms with E-state index >= 15 is 0 Å². The smallest absolute Gasteiger partial charge is 0.225 e. The van der Waals surface area contributed by atoms with Crippen molar-refractivity contribution < 1.29 is 4.79 Å². The molecule has 1 aromatic rings. The highest BCUT2D eigenvalue weighted by Gasteiger charge is 2.01. The van der Waals surface area contributed by atoms with Gasteiger partial charge in [0.05, 0.1) is 9.98 Å². The summed E-state index contributed by atoms with van der Waals surface area (Å²) in [6.45, 7) is 1.80. The third kappa shape index (κ3) is 2.59. The highest BCUT2D eigenvalue weighted by molar-refractivity contribution is 9.11. The predicted octanol–water partition coefficient (Wildman–Crippen LogP) is 2.25. The number of nitrogens with zero attached hydrogens (tertiary/aromatic N) is 1. The highest BCUT2D eigenvalue weighted by Crippen LogP contribution is 2.22. The number of hydrogen-bond donors (Lipinski definition) is 1. The number of carbonyl (C=O) groups excluding carboxylic acids is 1. The van der Waals surface area contributed by atoms with Crippen LogP contribution in [0.1, 0.15) is 13.3 Å². The first-order valence-electron chi connectivity index (χ1n) is 3.13. The van der Waals surface area contributed by atoms with E-state index < -0.39 is 0 Å². The van der Waals surface area contributed by atoms with Gasteiger partial charge in [-0.3, -0.25) is 4.79 Å². The van der Waals surface area contributed by atoms with E-state index in [9.17, 15) is 4.79 Å². The zero-order valence-electron chi connectivity index (χ0n) is 5.93. The minimum atomic E-state index is -0.00755. The lowest BCUT2D eigenvalue weighted by Crippen LogP contribution is -2.08. The van der Waals surface area contributed by atoms with Crippen molar-refractivity contribution in [1.29, 1.82) is 0 Å². The van der Waals surface area contributed by atoms with Crippen molar-refractivity contribution in [2.75, 3.05) is 5.32 Å². The molecule has 0 aromatic carbocycles. The lowest BCUT2D eigenvalue weighted by molar-refractivity contribution is -0.115. The molecule has 0 aliphatic heterocycles. The van der Waals surface area contributed by atoms with E-state index in [0.717, 1.165) is 3.79 Å². The Bertz CT molecular complexity index is 261. The van der Waals surface area contributed by atoms with Gasteiger partial charge in [0.15, 0.2) is 5.13 Å². The average molecular weight is 235 g/mol. The maximum atomic E-state index is 10.8. The molecule has 1 amide bonds. The van der Waals surface area contributed by atoms with Crippen LogP contribution in [0.3, 0.4) is 0 Å². The molecule has 0 bridgehead atoms. The van der Waals surface area contributed by atoms with Crippen LogP contribution in [0, 0.1) is 0 Å². The van der Waals surface area contributed by atoms with E-state index in [-0.39, 0.29) is 5.91 Å². The van der Waals surface area contributed by atoms with Crippen LogP contribution >= 0.6 is 27.3 Å². The summed E-state index contributed by atoms with van der Waals surface area (Å²) < 4.78 is 0.920. The molecule has 0 saturated carbocycles. The van der Waals surface area contributed by atoms with Crippen molar-refractivity contribution >= 4 is 38.3 Å². The molecule has 3 nitrogen and oxygen atoms in total. The van der Waals surface area contributed by atoms with Gasteiger partial charge in [-0.2, -0.15) is 0 Å². The number of anilines is 1. The van der Waals surface area contributed by atoms with Crippen molar-refractivity contribution in [2.24, 2.45) is 0 Å². The fourth-order valence-electron chi connectivity index (χ4n) is 0.520. The fourth-order valence-corrected chi connectivity index (χ4v) is 1.64. The van der Waals surface area contributed by atoms with Gasteiger partial charge >= 0.3 is 0 Å². The first-order valence-corrected chi connectivity index (χ1v) is 4.74. The molecule has 0 atom stereocenters. The van der Waals surface area contributed by atoms with E-state index in [1.54, 1.807) is 13.1 Å². The molecule has 1 rings (SSSR count). The molecule has 11 heavy (non-hydrogen) atoms. The van der Waals surface area contributed by atoms with Gasteiger partial charge in [-0.1, -0.05) is 18.3 Å². The summed E-state index contributed by atoms with van der Waals surface area (Å²) in [5.74, 6) is -0.00755. The molecule has 0 saturated heterocycles. The van der Waals surface area contributed by atoms with Crippen LogP contribution in [0.4, 0.5) is 5.13 Å². The first-order chi connectivity index (χ1) is 5.22. The van der Waals surface area contributed by atoms with E-state index in [2.05, 4.69) is 26.2 Å². The second-order valence-electron chi connectivity index (χ2n) is 1.87. The quantitative estimate of drug-likeness (QED) is 0.854. The SMILES string of the molecule is CCC(=O)Nc1ncc(Br)s1. The molecule has 0 unspecified atom stereocenters. The van der Waals surface area contributed by atoms with Gasteiger partial charge in [-0.25, -0.2) is 4.98 Å². The summed E-state index contributed by atoms with van der Waals surface area (Å²) >= 11 is 4.65. The van der Waals surface area contributed by atoms with Crippen LogP contribution in [0.2, 0.25) is 0 Å². The van der Waals surface area contributed by atoms with Crippen LogP contribution in [-0.2, 0) is 4.79 Å². The summed E-state index contributed by atoms with van der Waals surface area (Å²) in [6, 6.07) is 0. The van der Waals surface area contributed by atoms with Gasteiger partial charge in [0.25, 0.3) is 0 Å². The highest BCUT2D eigenvalue weighted by atomic mass is 79.9. The monoisotopic (exact) mass is 234 g/mol. The summed E-state index contributed by atoms with van der Waals surface area (Å²) in [5.41, 5.74) is 0. The number of nitrogens with one attached hydrogen (secondary N) is 1. The third-order valence-corrected chi connectivity index (χ3v) is 2.44. The van der Waals surface area contributed by atoms with E-state index in [4.69, 9.17) is 0 Å². The summed E-state index contributed by atoms with van der Waals surface area (Å²) in [4.78, 5) is 14.8. The van der Waals surface area contributed by atoms with Crippen LogP contribution in [0.15, 0.2) is 9.98 Å². The zero-order chi connectivity index (χ0) is 8.27. The number of halogens is 1. The normalized spacial score (nSPS) is 9.64. The molecule has 0 aliphatic rings. The van der Waals surface area contributed by atoms with E-state index in [0.29, 0.717) is 11.6 Å². The molecule has 1 aromatic heterocycles. The van der Waals surface area contributed by atoms with Crippen molar-refractivity contribution in [3.63, 3.8) is 0 Å². The number of hydrogen-bond acceptors (Lipinski definition) is 3. The summed E-state index contributed by atoms with van der Waals surface area (Å²) in [6.07, 6.45) is 2.15. The summed E-state index contributed by atoms with van der Waals surface area (Å²) in [5, 5.41) is 3.29. The number of carbonyl (C=O) groups is 1. The van der Waals surface area contributed by atoms with Gasteiger partial charge in [0.1, 0.15) is 0 Å². The third-order valence-electron chi connectivity index (χ3n) is 1.04. The van der Waals surface area contributed by atoms with Crippen molar-refractivity contribution in [2.45, 2.75) is 13.3 Å². The van der Waals surface area contributed by atoms with E-state index in [1.165, 1.54) is 11.3 Å². The lowest BCUT2D eigenvalue weighted by Gasteiger charge is -1.94. The largest absolute Gasteiger partial charge is 0.302 e. The second-order valence-corrected chi connectivity index (χ2v) is 4.28. The molecule has 1 N–H and O–H groups in total. The maximum absolute atomic E-state index is 10.8. The number of rotatable bonds is 2. The second kappa shape index (κ2) is 3.82. The standard InChI is InChI=1S/C6H7BrN2OS/c1-2-5(10)9-6-8-3-4(7)11-6/h3H,2H2,1H3,(H,8,9,10). The van der Waals surface area contributed by atoms with Gasteiger partial charge in [0, 0.05) is 6.42 Å². The fraction of sp³-hybridized carbons (Fsp3) is 0.333. The Labute approximate surface area is 77.0 Å². The lowest BCUT2D eigenvalue weighted by atomic mass is 10.5. The zero-order valence-corrected chi connectivity index (χ0v) is 8.33. The summed E-state index contributed by atoms with van der Waals surface area (Å²) in [7, 11) is 0. The molecule has 1 heterocycles. The molecule has 60 valence electrons. The number of amides is 1. The first kappa shape index (κ1) is 8.67. The van der Waals surface area contributed by atoms with Crippen LogP contribution in [-0.4, -0.2) is 10.9 Å². The van der Waals surface area contributed by atoms with Crippen molar-refractivity contribution in [1.82, 2.24) is 4.98 Å². The molecule has 0 fully saturated rings. The Kier molecular flexibility index (Phi) is 3.02. The molecule has 5 heteroatoms. The molecule has 0 aliphatic carbocycles. The maximum Gasteiger partial charge on any atom is 0.225 e. The van der Waals surface area contributed by atoms with Crippen molar-refractivity contribution in [3.8, 4) is 0 Å². The molecular weight excluding hydrogens is 228 g/mol. The average Bonchev–Trinajstić information content (AvgIpc) is 2.35. The van der Waals surface area contributed by atoms with Crippen molar-refractivity contribution in [3.05, 3.63) is 9.98 Å². The predicted molar refractivity (Wildman–Crippen MR) is 48.7 cm³/mol. The Morgan fingerprint density at radius 1 is 1.91 bits per heavy atom.